The predicted molar refractivity (Wildman–Crippen MR) is 113 cm³/mol. The summed E-state index contributed by atoms with van der Waals surface area (Å²) in [6.07, 6.45) is 2.56. The van der Waals surface area contributed by atoms with E-state index in [-0.39, 0.29) is 11.9 Å². The second-order valence-electron chi connectivity index (χ2n) is 7.37. The van der Waals surface area contributed by atoms with Crippen LogP contribution in [0.4, 0.5) is 5.69 Å². The van der Waals surface area contributed by atoms with Crippen LogP contribution in [-0.2, 0) is 6.42 Å². The first-order valence-electron chi connectivity index (χ1n) is 9.26. The van der Waals surface area contributed by atoms with Gasteiger partial charge in [-0.2, -0.15) is 0 Å². The third-order valence-corrected chi connectivity index (χ3v) is 5.07. The highest BCUT2D eigenvalue weighted by molar-refractivity contribution is 6.10. The third kappa shape index (κ3) is 3.95. The van der Waals surface area contributed by atoms with Crippen LogP contribution < -0.4 is 4.90 Å². The number of pyridine rings is 1. The summed E-state index contributed by atoms with van der Waals surface area (Å²) in [6, 6.07) is 16.2. The summed E-state index contributed by atoms with van der Waals surface area (Å²) in [4.78, 5) is 21.6. The van der Waals surface area contributed by atoms with E-state index in [2.05, 4.69) is 35.9 Å². The highest BCUT2D eigenvalue weighted by atomic mass is 16.2. The van der Waals surface area contributed by atoms with Crippen molar-refractivity contribution in [3.8, 4) is 0 Å². The number of fused-ring (bicyclic) bond motifs is 1. The third-order valence-electron chi connectivity index (χ3n) is 5.07. The fourth-order valence-electron chi connectivity index (χ4n) is 3.40. The second-order valence-corrected chi connectivity index (χ2v) is 7.37. The Morgan fingerprint density at radius 2 is 1.74 bits per heavy atom. The van der Waals surface area contributed by atoms with Crippen molar-refractivity contribution >= 4 is 22.4 Å². The minimum atomic E-state index is 0.0386. The average Bonchev–Trinajstić information content (AvgIpc) is 2.65. The molecule has 0 saturated heterocycles. The summed E-state index contributed by atoms with van der Waals surface area (Å²) < 4.78 is 0. The van der Waals surface area contributed by atoms with Crippen LogP contribution in [0.15, 0.2) is 54.7 Å². The highest BCUT2D eigenvalue weighted by Gasteiger charge is 2.21. The molecule has 0 aliphatic carbocycles. The molecule has 0 fully saturated rings. The van der Waals surface area contributed by atoms with Crippen LogP contribution >= 0.6 is 0 Å². The summed E-state index contributed by atoms with van der Waals surface area (Å²) in [5, 5.41) is 2.08. The number of nitrogens with zero attached hydrogens (tertiary/aromatic N) is 3. The maximum absolute atomic E-state index is 13.2. The Hall–Kier alpha value is -2.88. The highest BCUT2D eigenvalue weighted by Crippen LogP contribution is 2.29. The molecule has 0 bridgehead atoms. The van der Waals surface area contributed by atoms with Gasteiger partial charge in [-0.25, -0.2) is 0 Å². The van der Waals surface area contributed by atoms with Gasteiger partial charge in [-0.15, -0.1) is 0 Å². The summed E-state index contributed by atoms with van der Waals surface area (Å²) in [6.45, 7) is 4.13. The molecule has 4 heteroatoms. The van der Waals surface area contributed by atoms with Gasteiger partial charge in [0.05, 0.1) is 0 Å². The van der Waals surface area contributed by atoms with E-state index < -0.39 is 0 Å². The van der Waals surface area contributed by atoms with Crippen molar-refractivity contribution in [3.05, 3.63) is 71.5 Å². The topological polar surface area (TPSA) is 36.4 Å². The van der Waals surface area contributed by atoms with E-state index in [1.54, 1.807) is 0 Å². The number of aryl methyl sites for hydroxylation is 1. The molecule has 1 heterocycles. The zero-order chi connectivity index (χ0) is 19.6. The number of aromatic nitrogens is 1. The van der Waals surface area contributed by atoms with Gasteiger partial charge >= 0.3 is 0 Å². The Kier molecular flexibility index (Phi) is 5.45. The number of carbonyl (C=O) groups excluding carboxylic acids is 1. The maximum atomic E-state index is 13.2. The Balaban J connectivity index is 1.90. The van der Waals surface area contributed by atoms with E-state index in [0.717, 1.165) is 34.1 Å². The molecule has 1 atom stereocenters. The van der Waals surface area contributed by atoms with E-state index in [4.69, 9.17) is 0 Å². The fraction of sp³-hybridized carbons (Fsp3) is 0.304. The summed E-state index contributed by atoms with van der Waals surface area (Å²) in [7, 11) is 5.91. The molecule has 4 nitrogen and oxygen atoms in total. The quantitative estimate of drug-likeness (QED) is 0.679. The lowest BCUT2D eigenvalue weighted by Crippen LogP contribution is -2.36. The van der Waals surface area contributed by atoms with Gasteiger partial charge in [0, 0.05) is 62.1 Å². The molecule has 0 saturated carbocycles. The van der Waals surface area contributed by atoms with E-state index >= 15 is 0 Å². The van der Waals surface area contributed by atoms with Crippen LogP contribution in [0, 0.1) is 6.92 Å². The van der Waals surface area contributed by atoms with E-state index in [0.29, 0.717) is 0 Å². The van der Waals surface area contributed by atoms with Crippen LogP contribution in [0.25, 0.3) is 10.8 Å². The average molecular weight is 361 g/mol. The molecule has 0 N–H and O–H groups in total. The molecule has 2 aromatic carbocycles. The van der Waals surface area contributed by atoms with E-state index in [1.807, 2.05) is 68.6 Å². The Morgan fingerprint density at radius 3 is 2.41 bits per heavy atom. The molecule has 1 amide bonds. The first-order valence-corrected chi connectivity index (χ1v) is 9.26. The molecule has 0 spiro atoms. The molecular formula is C23H27N3O. The lowest BCUT2D eigenvalue weighted by molar-refractivity contribution is 0.0745. The Bertz CT molecular complexity index is 965. The van der Waals surface area contributed by atoms with Crippen LogP contribution in [0.2, 0.25) is 0 Å². The van der Waals surface area contributed by atoms with Gasteiger partial charge in [-0.3, -0.25) is 9.78 Å². The summed E-state index contributed by atoms with van der Waals surface area (Å²) in [5.41, 5.74) is 4.05. The number of rotatable bonds is 5. The Morgan fingerprint density at radius 1 is 1.04 bits per heavy atom. The minimum Gasteiger partial charge on any atom is -0.377 e. The predicted octanol–water partition coefficient (Wildman–Crippen LogP) is 4.31. The molecule has 3 rings (SSSR count). The molecule has 3 aromatic rings. The molecule has 1 unspecified atom stereocenters. The van der Waals surface area contributed by atoms with Gasteiger partial charge in [0.15, 0.2) is 0 Å². The molecule has 140 valence electrons. The van der Waals surface area contributed by atoms with E-state index in [9.17, 15) is 4.79 Å². The lowest BCUT2D eigenvalue weighted by Gasteiger charge is -2.26. The van der Waals surface area contributed by atoms with Gasteiger partial charge in [0.1, 0.15) is 0 Å². The standard InChI is InChI=1S/C23H27N3O/c1-16-12-13-24-18(14-16)15-17(2)26(5)23(27)21-10-11-22(25(3)4)20-9-7-6-8-19(20)21/h6-14,17H,15H2,1-5H3. The Labute approximate surface area is 161 Å². The number of hydrogen-bond donors (Lipinski definition) is 0. The number of carbonyl (C=O) groups is 1. The molecule has 0 aliphatic heterocycles. The van der Waals surface area contributed by atoms with Gasteiger partial charge in [0.2, 0.25) is 0 Å². The van der Waals surface area contributed by atoms with Crippen molar-refractivity contribution in [1.82, 2.24) is 9.88 Å². The maximum Gasteiger partial charge on any atom is 0.254 e. The molecular weight excluding hydrogens is 334 g/mol. The zero-order valence-electron chi connectivity index (χ0n) is 16.7. The van der Waals surface area contributed by atoms with Crippen molar-refractivity contribution in [2.24, 2.45) is 0 Å². The van der Waals surface area contributed by atoms with Crippen molar-refractivity contribution < 1.29 is 4.79 Å². The minimum absolute atomic E-state index is 0.0386. The van der Waals surface area contributed by atoms with Crippen molar-refractivity contribution in [1.29, 1.82) is 0 Å². The smallest absolute Gasteiger partial charge is 0.254 e. The van der Waals surface area contributed by atoms with Gasteiger partial charge < -0.3 is 9.80 Å². The number of anilines is 1. The van der Waals surface area contributed by atoms with Crippen LogP contribution in [0.1, 0.15) is 28.5 Å². The monoisotopic (exact) mass is 361 g/mol. The number of amides is 1. The van der Waals surface area contributed by atoms with Gasteiger partial charge in [0.25, 0.3) is 5.91 Å². The van der Waals surface area contributed by atoms with Crippen LogP contribution in [0.3, 0.4) is 0 Å². The van der Waals surface area contributed by atoms with Gasteiger partial charge in [-0.05, 0) is 49.1 Å². The number of benzene rings is 2. The first-order chi connectivity index (χ1) is 12.9. The molecule has 0 aliphatic rings. The SMILES string of the molecule is Cc1ccnc(CC(C)N(C)C(=O)c2ccc(N(C)C)c3ccccc23)c1. The summed E-state index contributed by atoms with van der Waals surface area (Å²) >= 11 is 0. The van der Waals surface area contributed by atoms with Crippen LogP contribution in [-0.4, -0.2) is 43.0 Å². The lowest BCUT2D eigenvalue weighted by atomic mass is 10.0. The fourth-order valence-corrected chi connectivity index (χ4v) is 3.40. The van der Waals surface area contributed by atoms with Gasteiger partial charge in [-0.1, -0.05) is 24.3 Å². The van der Waals surface area contributed by atoms with Crippen molar-refractivity contribution in [3.63, 3.8) is 0 Å². The largest absolute Gasteiger partial charge is 0.377 e. The molecule has 1 aromatic heterocycles. The van der Waals surface area contributed by atoms with Crippen molar-refractivity contribution in [2.45, 2.75) is 26.3 Å². The zero-order valence-corrected chi connectivity index (χ0v) is 16.7. The van der Waals surface area contributed by atoms with Crippen molar-refractivity contribution in [2.75, 3.05) is 26.0 Å². The molecule has 27 heavy (non-hydrogen) atoms. The number of likely N-dealkylation sites (N-methyl/N-ethyl adjacent to an activating group) is 1. The molecule has 0 radical (unpaired) electrons. The van der Waals surface area contributed by atoms with E-state index in [1.165, 1.54) is 5.56 Å². The normalized spacial score (nSPS) is 12.0. The first kappa shape index (κ1) is 18.9. The number of hydrogen-bond acceptors (Lipinski definition) is 3. The second kappa shape index (κ2) is 7.78. The summed E-state index contributed by atoms with van der Waals surface area (Å²) in [5.74, 6) is 0.0386. The van der Waals surface area contributed by atoms with Crippen LogP contribution in [0.5, 0.6) is 0 Å².